The second-order valence-corrected chi connectivity index (χ2v) is 4.82. The molecule has 0 amide bonds. The van der Waals surface area contributed by atoms with E-state index in [1.807, 2.05) is 13.0 Å². The van der Waals surface area contributed by atoms with Crippen molar-refractivity contribution in [2.45, 2.75) is 32.8 Å². The van der Waals surface area contributed by atoms with Gasteiger partial charge in [0.25, 0.3) is 0 Å². The highest BCUT2D eigenvalue weighted by atomic mass is 16.5. The Labute approximate surface area is 144 Å². The van der Waals surface area contributed by atoms with E-state index in [-0.39, 0.29) is 5.97 Å². The van der Waals surface area contributed by atoms with Gasteiger partial charge in [-0.1, -0.05) is 41.9 Å². The molecular weight excluding hydrogens is 304 g/mol. The Bertz CT molecular complexity index is 587. The zero-order chi connectivity index (χ0) is 17.5. The molecule has 1 rings (SSSR count). The fourth-order valence-electron chi connectivity index (χ4n) is 1.71. The molecule has 1 unspecified atom stereocenters. The molecule has 24 heavy (non-hydrogen) atoms. The molecule has 1 aromatic carbocycles. The van der Waals surface area contributed by atoms with Gasteiger partial charge in [-0.2, -0.15) is 0 Å². The van der Waals surface area contributed by atoms with Gasteiger partial charge < -0.3 is 14.2 Å². The average Bonchev–Trinajstić information content (AvgIpc) is 2.60. The molecule has 128 valence electrons. The lowest BCUT2D eigenvalue weighted by atomic mass is 10.2. The normalized spacial score (nSPS) is 10.8. The van der Waals surface area contributed by atoms with Crippen LogP contribution in [-0.2, 0) is 14.2 Å². The van der Waals surface area contributed by atoms with E-state index in [0.717, 1.165) is 0 Å². The molecule has 0 aromatic heterocycles. The van der Waals surface area contributed by atoms with E-state index >= 15 is 0 Å². The first-order chi connectivity index (χ1) is 11.7. The van der Waals surface area contributed by atoms with Gasteiger partial charge in [0.15, 0.2) is 6.10 Å². The smallest absolute Gasteiger partial charge is 0.339 e. The van der Waals surface area contributed by atoms with Crippen molar-refractivity contribution in [2.24, 2.45) is 0 Å². The van der Waals surface area contributed by atoms with Crippen LogP contribution in [-0.4, -0.2) is 38.5 Å². The summed E-state index contributed by atoms with van der Waals surface area (Å²) in [6.07, 6.45) is 0.667. The highest BCUT2D eigenvalue weighted by Crippen LogP contribution is 2.03. The fourth-order valence-corrected chi connectivity index (χ4v) is 1.71. The third-order valence-electron chi connectivity index (χ3n) is 2.85. The number of ether oxygens (including phenoxy) is 3. The molecule has 0 aliphatic heterocycles. The van der Waals surface area contributed by atoms with Crippen molar-refractivity contribution in [3.63, 3.8) is 0 Å². The van der Waals surface area contributed by atoms with E-state index in [1.54, 1.807) is 31.2 Å². The maximum Gasteiger partial charge on any atom is 0.339 e. The van der Waals surface area contributed by atoms with Crippen LogP contribution in [0, 0.1) is 23.7 Å². The summed E-state index contributed by atoms with van der Waals surface area (Å²) in [7, 11) is 0. The molecule has 1 atom stereocenters. The van der Waals surface area contributed by atoms with Crippen LogP contribution in [0.1, 0.15) is 37.0 Å². The molecule has 1 aromatic rings. The lowest BCUT2D eigenvalue weighted by molar-refractivity contribution is 0.0438. The number of carbonyl (C=O) groups is 1. The van der Waals surface area contributed by atoms with Gasteiger partial charge in [0, 0.05) is 13.0 Å². The zero-order valence-corrected chi connectivity index (χ0v) is 14.3. The molecule has 0 radical (unpaired) electrons. The number of esters is 1. The SMILES string of the molecule is CCOCCOCCC#CCC#CC(C)OC(=O)c1ccccc1. The number of hydrogen-bond donors (Lipinski definition) is 0. The predicted molar refractivity (Wildman–Crippen MR) is 93.4 cm³/mol. The average molecular weight is 328 g/mol. The van der Waals surface area contributed by atoms with Crippen LogP contribution in [0.15, 0.2) is 30.3 Å². The van der Waals surface area contributed by atoms with E-state index in [1.165, 1.54) is 0 Å². The molecule has 4 nitrogen and oxygen atoms in total. The van der Waals surface area contributed by atoms with Crippen molar-refractivity contribution in [2.75, 3.05) is 26.4 Å². The first-order valence-corrected chi connectivity index (χ1v) is 8.09. The molecule has 0 N–H and O–H groups in total. The predicted octanol–water partition coefficient (Wildman–Crippen LogP) is 3.07. The maximum atomic E-state index is 11.8. The number of benzene rings is 1. The summed E-state index contributed by atoms with van der Waals surface area (Å²) < 4.78 is 15.7. The fraction of sp³-hybridized carbons (Fsp3) is 0.450. The Morgan fingerprint density at radius 2 is 1.79 bits per heavy atom. The zero-order valence-electron chi connectivity index (χ0n) is 14.3. The highest BCUT2D eigenvalue weighted by molar-refractivity contribution is 5.89. The minimum absolute atomic E-state index is 0.368. The van der Waals surface area contributed by atoms with Crippen LogP contribution < -0.4 is 0 Å². The summed E-state index contributed by atoms with van der Waals surface area (Å²) in [4.78, 5) is 11.8. The van der Waals surface area contributed by atoms with Gasteiger partial charge >= 0.3 is 5.97 Å². The van der Waals surface area contributed by atoms with Crippen molar-refractivity contribution in [1.82, 2.24) is 0 Å². The Kier molecular flexibility index (Phi) is 10.9. The third kappa shape index (κ3) is 9.69. The first kappa shape index (κ1) is 19.8. The molecule has 0 saturated heterocycles. The molecule has 0 fully saturated rings. The monoisotopic (exact) mass is 328 g/mol. The van der Waals surface area contributed by atoms with E-state index in [0.29, 0.717) is 44.8 Å². The van der Waals surface area contributed by atoms with Gasteiger partial charge in [0.05, 0.1) is 31.8 Å². The lowest BCUT2D eigenvalue weighted by Gasteiger charge is -2.06. The van der Waals surface area contributed by atoms with Crippen LogP contribution in [0.3, 0.4) is 0 Å². The summed E-state index contributed by atoms with van der Waals surface area (Å²) in [6.45, 7) is 6.22. The van der Waals surface area contributed by atoms with Gasteiger partial charge in [0.2, 0.25) is 0 Å². The Hall–Kier alpha value is -2.27. The maximum absolute atomic E-state index is 11.8. The summed E-state index contributed by atoms with van der Waals surface area (Å²) >= 11 is 0. The van der Waals surface area contributed by atoms with Crippen LogP contribution in [0.2, 0.25) is 0 Å². The Morgan fingerprint density at radius 3 is 2.54 bits per heavy atom. The second kappa shape index (κ2) is 13.2. The van der Waals surface area contributed by atoms with Crippen molar-refractivity contribution in [1.29, 1.82) is 0 Å². The largest absolute Gasteiger partial charge is 0.446 e. The standard InChI is InChI=1S/C20H24O4/c1-3-22-16-17-23-15-11-6-4-5-8-12-18(2)24-20(21)19-13-9-7-10-14-19/h7,9-10,13-14,18H,3,5,11,15-17H2,1-2H3. The van der Waals surface area contributed by atoms with E-state index in [9.17, 15) is 4.79 Å². The van der Waals surface area contributed by atoms with Crippen molar-refractivity contribution < 1.29 is 19.0 Å². The number of hydrogen-bond acceptors (Lipinski definition) is 4. The van der Waals surface area contributed by atoms with E-state index in [4.69, 9.17) is 14.2 Å². The van der Waals surface area contributed by atoms with E-state index < -0.39 is 6.10 Å². The molecule has 0 spiro atoms. The van der Waals surface area contributed by atoms with Crippen molar-refractivity contribution in [3.05, 3.63) is 35.9 Å². The second-order valence-electron chi connectivity index (χ2n) is 4.82. The van der Waals surface area contributed by atoms with Gasteiger partial charge in [-0.15, -0.1) is 0 Å². The minimum Gasteiger partial charge on any atom is -0.446 e. The molecular formula is C20H24O4. The summed E-state index contributed by atoms with van der Waals surface area (Å²) in [5, 5.41) is 0. The quantitative estimate of drug-likeness (QED) is 0.418. The van der Waals surface area contributed by atoms with Crippen molar-refractivity contribution in [3.8, 4) is 23.7 Å². The Morgan fingerprint density at radius 1 is 1.04 bits per heavy atom. The first-order valence-electron chi connectivity index (χ1n) is 8.09. The van der Waals surface area contributed by atoms with Gasteiger partial charge in [-0.25, -0.2) is 4.79 Å². The molecule has 0 heterocycles. The third-order valence-corrected chi connectivity index (χ3v) is 2.85. The molecule has 0 saturated carbocycles. The highest BCUT2D eigenvalue weighted by Gasteiger charge is 2.08. The number of carbonyl (C=O) groups excluding carboxylic acids is 1. The van der Waals surface area contributed by atoms with Crippen LogP contribution >= 0.6 is 0 Å². The molecule has 0 aliphatic rings. The molecule has 0 bridgehead atoms. The van der Waals surface area contributed by atoms with Gasteiger partial charge in [-0.05, 0) is 26.0 Å². The summed E-state index contributed by atoms with van der Waals surface area (Å²) in [5.74, 6) is 11.3. The van der Waals surface area contributed by atoms with Crippen molar-refractivity contribution >= 4 is 5.97 Å². The minimum atomic E-state index is -0.457. The lowest BCUT2D eigenvalue weighted by Crippen LogP contribution is -2.13. The summed E-state index contributed by atoms with van der Waals surface area (Å²) in [6, 6.07) is 8.86. The summed E-state index contributed by atoms with van der Waals surface area (Å²) in [5.41, 5.74) is 0.523. The van der Waals surface area contributed by atoms with E-state index in [2.05, 4.69) is 23.7 Å². The van der Waals surface area contributed by atoms with Gasteiger partial charge in [-0.3, -0.25) is 0 Å². The number of rotatable bonds is 8. The van der Waals surface area contributed by atoms with Crippen LogP contribution in [0.25, 0.3) is 0 Å². The topological polar surface area (TPSA) is 44.8 Å². The molecule has 4 heteroatoms. The molecule has 0 aliphatic carbocycles. The Balaban J connectivity index is 2.15. The van der Waals surface area contributed by atoms with Gasteiger partial charge in [0.1, 0.15) is 0 Å². The van der Waals surface area contributed by atoms with Crippen LogP contribution in [0.4, 0.5) is 0 Å². The van der Waals surface area contributed by atoms with Crippen LogP contribution in [0.5, 0.6) is 0 Å².